The van der Waals surface area contributed by atoms with Crippen LogP contribution in [-0.2, 0) is 9.59 Å². The van der Waals surface area contributed by atoms with Crippen LogP contribution in [-0.4, -0.2) is 102 Å². The van der Waals surface area contributed by atoms with Crippen molar-refractivity contribution in [1.29, 1.82) is 5.26 Å². The molecule has 3 fully saturated rings. The largest absolute Gasteiger partial charge is 0.489 e. The molecule has 1 unspecified atom stereocenters. The summed E-state index contributed by atoms with van der Waals surface area (Å²) < 4.78 is 14.3. The third kappa shape index (κ3) is 9.87. The smallest absolute Gasteiger partial charge is 0.253 e. The molecule has 2 saturated heterocycles. The van der Waals surface area contributed by atoms with E-state index in [9.17, 15) is 24.8 Å². The van der Waals surface area contributed by atoms with Crippen molar-refractivity contribution in [3.05, 3.63) is 124 Å². The molecule has 2 aromatic carbocycles. The highest BCUT2D eigenvalue weighted by atomic mass is 35.5. The highest BCUT2D eigenvalue weighted by Gasteiger charge is 2.64. The molecule has 18 heteroatoms. The van der Waals surface area contributed by atoms with Crippen molar-refractivity contribution in [2.75, 3.05) is 24.5 Å². The molecule has 374 valence electrons. The summed E-state index contributed by atoms with van der Waals surface area (Å²) in [6.07, 6.45) is 5.70. The lowest BCUT2D eigenvalue weighted by atomic mass is 9.49. The fourth-order valence-electron chi connectivity index (χ4n) is 10.8. The fraction of sp³-hybridized carbons (Fsp3) is 0.407. The van der Waals surface area contributed by atoms with Gasteiger partial charge in [0, 0.05) is 66.1 Å². The Labute approximate surface area is 428 Å². The Kier molecular flexibility index (Phi) is 13.9. The van der Waals surface area contributed by atoms with Crippen molar-refractivity contribution in [3.63, 3.8) is 0 Å². The van der Waals surface area contributed by atoms with E-state index in [0.29, 0.717) is 40.9 Å². The molecule has 0 bridgehead atoms. The molecule has 0 radical (unpaired) electrons. The number of aryl methyl sites for hydroxylation is 1. The number of β-amino-alcohol motifs (C(OH)–C–C–N with tert-alkyl or cyclic N) is 1. The van der Waals surface area contributed by atoms with Crippen LogP contribution in [0.4, 0.5) is 5.82 Å². The number of amides is 3. The van der Waals surface area contributed by atoms with Crippen molar-refractivity contribution in [2.45, 2.75) is 104 Å². The average Bonchev–Trinajstić information content (AvgIpc) is 4.11. The zero-order chi connectivity index (χ0) is 51.2. The Balaban J connectivity index is 0.776. The van der Waals surface area contributed by atoms with Gasteiger partial charge in [0.25, 0.3) is 5.91 Å². The number of hydrogen-bond acceptors (Lipinski definition) is 13. The molecule has 3 N–H and O–H groups in total. The zero-order valence-corrected chi connectivity index (χ0v) is 43.1. The summed E-state index contributed by atoms with van der Waals surface area (Å²) in [5.74, 6) is 0.723. The van der Waals surface area contributed by atoms with E-state index in [-0.39, 0.29) is 60.9 Å². The Bertz CT molecular complexity index is 3000. The van der Waals surface area contributed by atoms with Gasteiger partial charge in [-0.2, -0.15) is 10.4 Å². The molecule has 1 saturated carbocycles. The number of hydrogen-bond donors (Lipinski definition) is 3. The molecule has 16 nitrogen and oxygen atoms in total. The van der Waals surface area contributed by atoms with Crippen LogP contribution in [0, 0.1) is 35.0 Å². The van der Waals surface area contributed by atoms with Crippen LogP contribution in [0.3, 0.4) is 0 Å². The minimum atomic E-state index is -0.840. The van der Waals surface area contributed by atoms with Crippen LogP contribution in [0.1, 0.15) is 94.1 Å². The Hall–Kier alpha value is -6.87. The number of ether oxygens (including phenoxy) is 2. The van der Waals surface area contributed by atoms with E-state index in [0.717, 1.165) is 38.6 Å². The SMILES string of the molecule is Cc1ncsc1-c1ccc([C@H](C)NC(=O)[C@@H]2C[C@@H](O)CN2C(=O)C(C(C)C)n2cc(-c3ccnc(OC4CN(c5ccc(C(=O)N[C@H]6C(C)(C)[C@H](Oc7ccc(C#N)c(Cl)c7)C6(C)C)cn5)C4)c3)cn2)cc1. The summed E-state index contributed by atoms with van der Waals surface area (Å²) in [6, 6.07) is 20.3. The first kappa shape index (κ1) is 50.1. The molecular formula is C54H59ClN10O6S. The Morgan fingerprint density at radius 2 is 1.65 bits per heavy atom. The number of anilines is 1. The molecule has 3 aliphatic rings. The van der Waals surface area contributed by atoms with Gasteiger partial charge in [-0.05, 0) is 66.8 Å². The molecule has 6 aromatic rings. The normalized spacial score (nSPS) is 21.0. The maximum absolute atomic E-state index is 14.4. The molecule has 72 heavy (non-hydrogen) atoms. The third-order valence-electron chi connectivity index (χ3n) is 14.4. The van der Waals surface area contributed by atoms with Gasteiger partial charge in [0.2, 0.25) is 17.7 Å². The lowest BCUT2D eigenvalue weighted by Crippen LogP contribution is -2.74. The minimum absolute atomic E-state index is 0.0453. The number of carbonyl (C=O) groups excluding carboxylic acids is 3. The third-order valence-corrected chi connectivity index (χ3v) is 15.7. The first-order valence-electron chi connectivity index (χ1n) is 24.2. The van der Waals surface area contributed by atoms with Crippen LogP contribution in [0.15, 0.2) is 97.0 Å². The fourth-order valence-corrected chi connectivity index (χ4v) is 11.8. The van der Waals surface area contributed by atoms with Crippen molar-refractivity contribution < 1.29 is 29.0 Å². The van der Waals surface area contributed by atoms with Crippen LogP contribution in [0.2, 0.25) is 5.02 Å². The summed E-state index contributed by atoms with van der Waals surface area (Å²) in [6.45, 7) is 17.2. The number of nitrogens with one attached hydrogen (secondary N) is 2. The lowest BCUT2D eigenvalue weighted by molar-refractivity contribution is -0.164. The van der Waals surface area contributed by atoms with Crippen LogP contribution < -0.4 is 25.0 Å². The number of nitrogens with zero attached hydrogens (tertiary/aromatic N) is 8. The van der Waals surface area contributed by atoms with E-state index >= 15 is 0 Å². The van der Waals surface area contributed by atoms with Gasteiger partial charge in [-0.25, -0.2) is 15.0 Å². The quantitative estimate of drug-likeness (QED) is 0.0892. The number of carbonyl (C=O) groups is 3. The maximum Gasteiger partial charge on any atom is 0.253 e. The molecule has 9 rings (SSSR count). The molecule has 6 heterocycles. The van der Waals surface area contributed by atoms with Gasteiger partial charge in [0.05, 0.1) is 63.7 Å². The lowest BCUT2D eigenvalue weighted by Gasteiger charge is -2.63. The van der Waals surface area contributed by atoms with E-state index in [1.807, 2.05) is 81.9 Å². The Morgan fingerprint density at radius 3 is 2.31 bits per heavy atom. The monoisotopic (exact) mass is 1010 g/mol. The summed E-state index contributed by atoms with van der Waals surface area (Å²) in [5, 5.41) is 31.3. The molecule has 4 aromatic heterocycles. The van der Waals surface area contributed by atoms with Crippen LogP contribution >= 0.6 is 22.9 Å². The second-order valence-corrected chi connectivity index (χ2v) is 21.9. The van der Waals surface area contributed by atoms with Crippen molar-refractivity contribution in [1.82, 2.24) is 40.3 Å². The second-order valence-electron chi connectivity index (χ2n) is 20.6. The molecule has 3 amide bonds. The molecule has 4 atom stereocenters. The van der Waals surface area contributed by atoms with E-state index < -0.39 is 29.0 Å². The van der Waals surface area contributed by atoms with Crippen molar-refractivity contribution in [2.24, 2.45) is 16.7 Å². The van der Waals surface area contributed by atoms with Crippen LogP contribution in [0.25, 0.3) is 21.6 Å². The van der Waals surface area contributed by atoms with Gasteiger partial charge < -0.3 is 35.0 Å². The molecular weight excluding hydrogens is 952 g/mol. The number of nitriles is 1. The number of likely N-dealkylation sites (tertiary alicyclic amines) is 1. The molecule has 0 spiro atoms. The molecule has 1 aliphatic carbocycles. The van der Waals surface area contributed by atoms with E-state index in [1.54, 1.807) is 58.9 Å². The van der Waals surface area contributed by atoms with Gasteiger partial charge in [0.15, 0.2) is 0 Å². The van der Waals surface area contributed by atoms with Crippen LogP contribution in [0.5, 0.6) is 11.6 Å². The number of aliphatic hydroxyl groups excluding tert-OH is 1. The number of aliphatic hydroxyl groups is 1. The van der Waals surface area contributed by atoms with E-state index in [1.165, 1.54) is 4.90 Å². The Morgan fingerprint density at radius 1 is 0.903 bits per heavy atom. The predicted molar refractivity (Wildman–Crippen MR) is 275 cm³/mol. The van der Waals surface area contributed by atoms with Gasteiger partial charge in [-0.1, -0.05) is 77.4 Å². The summed E-state index contributed by atoms with van der Waals surface area (Å²) in [5.41, 5.74) is 6.36. The molecule has 2 aliphatic heterocycles. The topological polar surface area (TPSA) is 201 Å². The van der Waals surface area contributed by atoms with E-state index in [4.69, 9.17) is 21.1 Å². The standard InChI is InChI=1S/C54H59ClN10O6S/c1-30(2)46(50(69)64-26-39(66)20-43(64)49(68)61-31(3)33-9-11-34(12-10-33)47-32(4)59-29-72-47)65-25-38(24-60-65)35-17-18-57-45(19-35)70-41-27-63(28-41)44-16-14-37(23-58-44)48(67)62-51-53(5,6)52(54(51,7)8)71-40-15-13-36(22-56)42(55)21-40/h9-19,21,23-25,29-31,39,41,43,46,51-52,66H,20,26-28H2,1-8H3,(H,61,68)(H,62,67)/t31-,39+,43-,46?,51-,52-/m0/s1. The number of halogens is 1. The predicted octanol–water partition coefficient (Wildman–Crippen LogP) is 8.21. The number of thiazole rings is 1. The van der Waals surface area contributed by atoms with Gasteiger partial charge in [-0.3, -0.25) is 19.1 Å². The van der Waals surface area contributed by atoms with Gasteiger partial charge >= 0.3 is 0 Å². The van der Waals surface area contributed by atoms with Gasteiger partial charge in [-0.15, -0.1) is 11.3 Å². The summed E-state index contributed by atoms with van der Waals surface area (Å²) >= 11 is 7.85. The maximum atomic E-state index is 14.4. The number of aromatic nitrogens is 5. The van der Waals surface area contributed by atoms with Gasteiger partial charge in [0.1, 0.15) is 41.9 Å². The summed E-state index contributed by atoms with van der Waals surface area (Å²) in [7, 11) is 0. The zero-order valence-electron chi connectivity index (χ0n) is 41.5. The number of rotatable bonds is 15. The van der Waals surface area contributed by atoms with Crippen molar-refractivity contribution >= 4 is 46.5 Å². The first-order chi connectivity index (χ1) is 34.3. The number of benzene rings is 2. The minimum Gasteiger partial charge on any atom is -0.489 e. The second kappa shape index (κ2) is 20.0. The highest BCUT2D eigenvalue weighted by molar-refractivity contribution is 7.13. The highest BCUT2D eigenvalue weighted by Crippen LogP contribution is 2.55. The summed E-state index contributed by atoms with van der Waals surface area (Å²) in [4.78, 5) is 59.8. The average molecular weight is 1010 g/mol. The first-order valence-corrected chi connectivity index (χ1v) is 25.4. The number of pyridine rings is 2. The van der Waals surface area contributed by atoms with E-state index in [2.05, 4.69) is 69.3 Å². The van der Waals surface area contributed by atoms with Crippen molar-refractivity contribution in [3.8, 4) is 39.3 Å².